The van der Waals surface area contributed by atoms with E-state index in [2.05, 4.69) is 4.90 Å². The summed E-state index contributed by atoms with van der Waals surface area (Å²) in [6, 6.07) is 9.71. The molecule has 116 valence electrons. The van der Waals surface area contributed by atoms with Crippen molar-refractivity contribution in [3.05, 3.63) is 35.9 Å². The number of rotatable bonds is 5. The first-order valence-corrected chi connectivity index (χ1v) is 7.42. The lowest BCUT2D eigenvalue weighted by Crippen LogP contribution is -2.50. The lowest BCUT2D eigenvalue weighted by Gasteiger charge is -2.36. The van der Waals surface area contributed by atoms with Crippen LogP contribution in [-0.2, 0) is 11.3 Å². The van der Waals surface area contributed by atoms with Gasteiger partial charge in [0, 0.05) is 26.2 Å². The number of hydrogen-bond donors (Lipinski definition) is 2. The largest absolute Gasteiger partial charge is 0.395 e. The Kier molecular flexibility index (Phi) is 5.73. The fourth-order valence-corrected chi connectivity index (χ4v) is 2.77. The molecule has 1 aromatic carbocycles. The molecule has 1 fully saturated rings. The first-order valence-electron chi connectivity index (χ1n) is 7.42. The molecule has 0 aliphatic carbocycles. The molecule has 5 nitrogen and oxygen atoms in total. The van der Waals surface area contributed by atoms with Gasteiger partial charge < -0.3 is 20.0 Å². The van der Waals surface area contributed by atoms with Gasteiger partial charge in [0.1, 0.15) is 0 Å². The molecule has 0 spiro atoms. The average molecular weight is 292 g/mol. The van der Waals surface area contributed by atoms with Crippen LogP contribution in [0.5, 0.6) is 0 Å². The van der Waals surface area contributed by atoms with E-state index in [1.807, 2.05) is 37.4 Å². The maximum atomic E-state index is 12.7. The van der Waals surface area contributed by atoms with Gasteiger partial charge in [-0.15, -0.1) is 0 Å². The summed E-state index contributed by atoms with van der Waals surface area (Å²) >= 11 is 0. The summed E-state index contributed by atoms with van der Waals surface area (Å²) in [6.45, 7) is 2.06. The van der Waals surface area contributed by atoms with E-state index in [0.717, 1.165) is 12.1 Å². The number of hydrogen-bond acceptors (Lipinski definition) is 4. The number of carbonyl (C=O) groups is 1. The second-order valence-electron chi connectivity index (χ2n) is 5.69. The summed E-state index contributed by atoms with van der Waals surface area (Å²) in [5.41, 5.74) is 1.03. The molecule has 1 amide bonds. The van der Waals surface area contributed by atoms with Crippen molar-refractivity contribution in [2.75, 3.05) is 33.3 Å². The van der Waals surface area contributed by atoms with E-state index in [0.29, 0.717) is 26.1 Å². The Bertz CT molecular complexity index is 452. The highest BCUT2D eigenvalue weighted by Crippen LogP contribution is 2.19. The molecule has 2 atom stereocenters. The number of piperidine rings is 1. The van der Waals surface area contributed by atoms with Crippen molar-refractivity contribution in [1.82, 2.24) is 9.80 Å². The fraction of sp³-hybridized carbons (Fsp3) is 0.562. The Morgan fingerprint density at radius 2 is 2.10 bits per heavy atom. The van der Waals surface area contributed by atoms with Crippen LogP contribution in [-0.4, -0.2) is 65.3 Å². The van der Waals surface area contributed by atoms with Crippen molar-refractivity contribution in [3.63, 3.8) is 0 Å². The highest BCUT2D eigenvalue weighted by Gasteiger charge is 2.34. The zero-order chi connectivity index (χ0) is 15.2. The van der Waals surface area contributed by atoms with E-state index in [4.69, 9.17) is 0 Å². The second-order valence-corrected chi connectivity index (χ2v) is 5.69. The van der Waals surface area contributed by atoms with Crippen molar-refractivity contribution >= 4 is 5.91 Å². The third kappa shape index (κ3) is 4.27. The molecule has 0 bridgehead atoms. The SMILES string of the molecule is CN1CC[C@@H](O)[C@H](C(=O)N(CCO)Cc2ccccc2)C1. The number of likely N-dealkylation sites (tertiary alicyclic amines) is 1. The number of aliphatic hydroxyl groups excluding tert-OH is 2. The molecule has 1 saturated heterocycles. The number of benzene rings is 1. The van der Waals surface area contributed by atoms with Crippen molar-refractivity contribution < 1.29 is 15.0 Å². The predicted molar refractivity (Wildman–Crippen MR) is 80.6 cm³/mol. The molecular weight excluding hydrogens is 268 g/mol. The van der Waals surface area contributed by atoms with Crippen molar-refractivity contribution in [2.24, 2.45) is 5.92 Å². The van der Waals surface area contributed by atoms with E-state index in [1.165, 1.54) is 0 Å². The molecule has 2 rings (SSSR count). The molecule has 0 aromatic heterocycles. The number of aliphatic hydroxyl groups is 2. The number of amides is 1. The molecule has 1 aliphatic rings. The number of carbonyl (C=O) groups excluding carboxylic acids is 1. The van der Waals surface area contributed by atoms with Crippen molar-refractivity contribution in [2.45, 2.75) is 19.1 Å². The van der Waals surface area contributed by atoms with Gasteiger partial charge in [-0.05, 0) is 19.0 Å². The lowest BCUT2D eigenvalue weighted by molar-refractivity contribution is -0.143. The molecule has 21 heavy (non-hydrogen) atoms. The van der Waals surface area contributed by atoms with Gasteiger partial charge in [0.2, 0.25) is 5.91 Å². The monoisotopic (exact) mass is 292 g/mol. The predicted octanol–water partition coefficient (Wildman–Crippen LogP) is 0.320. The van der Waals surface area contributed by atoms with Gasteiger partial charge >= 0.3 is 0 Å². The summed E-state index contributed by atoms with van der Waals surface area (Å²) in [5.74, 6) is -0.481. The normalized spacial score (nSPS) is 23.0. The molecule has 1 heterocycles. The standard InChI is InChI=1S/C16H24N2O3/c1-17-8-7-15(20)14(12-17)16(21)18(9-10-19)11-13-5-3-2-4-6-13/h2-6,14-15,19-20H,7-12H2,1H3/t14-,15-/m1/s1. The summed E-state index contributed by atoms with van der Waals surface area (Å²) in [7, 11) is 1.96. The Hall–Kier alpha value is -1.43. The van der Waals surface area contributed by atoms with Crippen LogP contribution < -0.4 is 0 Å². The maximum absolute atomic E-state index is 12.7. The fourth-order valence-electron chi connectivity index (χ4n) is 2.77. The van der Waals surface area contributed by atoms with Crippen LogP contribution in [0.4, 0.5) is 0 Å². The van der Waals surface area contributed by atoms with Crippen molar-refractivity contribution in [1.29, 1.82) is 0 Å². The number of nitrogens with zero attached hydrogens (tertiary/aromatic N) is 2. The minimum Gasteiger partial charge on any atom is -0.395 e. The van der Waals surface area contributed by atoms with Gasteiger partial charge in [-0.1, -0.05) is 30.3 Å². The Labute approximate surface area is 125 Å². The third-order valence-electron chi connectivity index (χ3n) is 3.99. The zero-order valence-corrected chi connectivity index (χ0v) is 12.5. The molecule has 1 aliphatic heterocycles. The molecule has 5 heteroatoms. The average Bonchev–Trinajstić information content (AvgIpc) is 2.49. The van der Waals surface area contributed by atoms with Gasteiger partial charge in [0.05, 0.1) is 18.6 Å². The highest BCUT2D eigenvalue weighted by molar-refractivity contribution is 5.79. The van der Waals surface area contributed by atoms with E-state index in [-0.39, 0.29) is 12.5 Å². The van der Waals surface area contributed by atoms with Gasteiger partial charge in [0.25, 0.3) is 0 Å². The van der Waals surface area contributed by atoms with Crippen LogP contribution in [0.25, 0.3) is 0 Å². The minimum atomic E-state index is -0.592. The summed E-state index contributed by atoms with van der Waals surface area (Å²) in [6.07, 6.45) is 0.0243. The molecule has 1 aromatic rings. The van der Waals surface area contributed by atoms with E-state index in [1.54, 1.807) is 4.90 Å². The van der Waals surface area contributed by atoms with Gasteiger partial charge in [0.15, 0.2) is 0 Å². The summed E-state index contributed by atoms with van der Waals surface area (Å²) < 4.78 is 0. The molecule has 2 N–H and O–H groups in total. The van der Waals surface area contributed by atoms with Crippen LogP contribution in [0.15, 0.2) is 30.3 Å². The van der Waals surface area contributed by atoms with Crippen LogP contribution in [0.2, 0.25) is 0 Å². The topological polar surface area (TPSA) is 64.0 Å². The van der Waals surface area contributed by atoms with E-state index >= 15 is 0 Å². The Morgan fingerprint density at radius 1 is 1.38 bits per heavy atom. The second kappa shape index (κ2) is 7.54. The zero-order valence-electron chi connectivity index (χ0n) is 12.5. The molecule has 0 radical (unpaired) electrons. The first kappa shape index (κ1) is 15.9. The summed E-state index contributed by atoms with van der Waals surface area (Å²) in [4.78, 5) is 16.4. The minimum absolute atomic E-state index is 0.0722. The molecular formula is C16H24N2O3. The van der Waals surface area contributed by atoms with Crippen LogP contribution in [0.1, 0.15) is 12.0 Å². The molecule has 0 saturated carbocycles. The van der Waals surface area contributed by atoms with Crippen LogP contribution in [0.3, 0.4) is 0 Å². The molecule has 0 unspecified atom stereocenters. The van der Waals surface area contributed by atoms with E-state index < -0.39 is 12.0 Å². The van der Waals surface area contributed by atoms with Crippen LogP contribution >= 0.6 is 0 Å². The Morgan fingerprint density at radius 3 is 2.76 bits per heavy atom. The maximum Gasteiger partial charge on any atom is 0.229 e. The van der Waals surface area contributed by atoms with Gasteiger partial charge in [-0.25, -0.2) is 0 Å². The Balaban J connectivity index is 2.07. The van der Waals surface area contributed by atoms with Crippen LogP contribution in [0, 0.1) is 5.92 Å². The highest BCUT2D eigenvalue weighted by atomic mass is 16.3. The van der Waals surface area contributed by atoms with Gasteiger partial charge in [-0.3, -0.25) is 4.79 Å². The van der Waals surface area contributed by atoms with Crippen molar-refractivity contribution in [3.8, 4) is 0 Å². The quantitative estimate of drug-likeness (QED) is 0.820. The first-order chi connectivity index (χ1) is 10.1. The smallest absolute Gasteiger partial charge is 0.229 e. The van der Waals surface area contributed by atoms with E-state index in [9.17, 15) is 15.0 Å². The summed E-state index contributed by atoms with van der Waals surface area (Å²) in [5, 5.41) is 19.3. The van der Waals surface area contributed by atoms with Gasteiger partial charge in [-0.2, -0.15) is 0 Å². The lowest BCUT2D eigenvalue weighted by atomic mass is 9.93. The third-order valence-corrected chi connectivity index (χ3v) is 3.99.